The molecule has 0 aromatic heterocycles. The van der Waals surface area contributed by atoms with Gasteiger partial charge in [-0.2, -0.15) is 0 Å². The number of hydrogen-bond acceptors (Lipinski definition) is 0. The summed E-state index contributed by atoms with van der Waals surface area (Å²) in [7, 11) is 0. The van der Waals surface area contributed by atoms with Crippen LogP contribution in [0.5, 0.6) is 0 Å². The van der Waals surface area contributed by atoms with Crippen LogP contribution in [0.3, 0.4) is 0 Å². The molecule has 4 heteroatoms. The fourth-order valence-electron chi connectivity index (χ4n) is 0.450. The summed E-state index contributed by atoms with van der Waals surface area (Å²) in [6, 6.07) is 5.36. The molecular weight excluding hydrogens is 119 g/mol. The molecule has 10 heavy (non-hydrogen) atoms. The van der Waals surface area contributed by atoms with E-state index in [-0.39, 0.29) is 43.5 Å². The first-order valence-corrected chi connectivity index (χ1v) is 2.26. The van der Waals surface area contributed by atoms with Crippen LogP contribution in [0.4, 0.5) is 10.1 Å². The molecule has 0 heterocycles. The predicted octanol–water partition coefficient (Wildman–Crippen LogP) is -3.48. The maximum Gasteiger partial charge on any atom is 1.00 e. The van der Waals surface area contributed by atoms with Crippen LogP contribution in [0.25, 0.3) is 5.73 Å². The first-order chi connectivity index (χ1) is 3.79. The maximum absolute atomic E-state index is 12.0. The van der Waals surface area contributed by atoms with Crippen LogP contribution in [0, 0.1) is 5.82 Å². The molecule has 0 fully saturated rings. The monoisotopic (exact) mass is 124 g/mol. The van der Waals surface area contributed by atoms with Gasteiger partial charge in [-0.25, -0.2) is 4.39 Å². The molecule has 0 atom stereocenters. The van der Waals surface area contributed by atoms with Crippen molar-refractivity contribution >= 4 is 5.69 Å². The van der Waals surface area contributed by atoms with Gasteiger partial charge in [0.15, 0.2) is 0 Å². The molecule has 0 unspecified atom stereocenters. The molecule has 0 radical (unpaired) electrons. The van der Waals surface area contributed by atoms with Gasteiger partial charge in [0.2, 0.25) is 0 Å². The molecule has 0 aliphatic heterocycles. The van der Waals surface area contributed by atoms with Gasteiger partial charge in [-0.05, 0) is 12.1 Å². The molecule has 1 nitrogen and oxygen atoms in total. The summed E-state index contributed by atoms with van der Waals surface area (Å²) in [5.41, 5.74) is 7.26. The Hall–Kier alpha value is 0.145. The number of rotatable bonds is 0. The van der Waals surface area contributed by atoms with E-state index in [1.165, 1.54) is 24.3 Å². The average Bonchev–Trinajstić information content (AvgIpc) is 1.77. The van der Waals surface area contributed by atoms with E-state index in [0.29, 0.717) is 5.69 Å². The molecule has 1 rings (SSSR count). The van der Waals surface area contributed by atoms with Crippen LogP contribution in [-0.4, -0.2) is 0 Å². The molecule has 1 N–H and O–H groups in total. The minimum absolute atomic E-state index is 0. The van der Waals surface area contributed by atoms with Crippen molar-refractivity contribution in [1.82, 2.24) is 0 Å². The summed E-state index contributed by atoms with van der Waals surface area (Å²) in [6.07, 6.45) is 0. The Morgan fingerprint density at radius 2 is 1.40 bits per heavy atom. The predicted molar refractivity (Wildman–Crippen MR) is 30.4 cm³/mol. The molecule has 0 saturated carbocycles. The third kappa shape index (κ3) is 4.04. The Morgan fingerprint density at radius 1 is 1.00 bits per heavy atom. The van der Waals surface area contributed by atoms with Crippen molar-refractivity contribution in [3.8, 4) is 0 Å². The van der Waals surface area contributed by atoms with Gasteiger partial charge in [0.1, 0.15) is 5.82 Å². The summed E-state index contributed by atoms with van der Waals surface area (Å²) in [6.45, 7) is 0. The van der Waals surface area contributed by atoms with Crippen molar-refractivity contribution in [3.63, 3.8) is 0 Å². The zero-order valence-corrected chi connectivity index (χ0v) is 6.19. The second-order valence-electron chi connectivity index (χ2n) is 1.51. The number of nitrogens with one attached hydrogen (secondary N) is 1. The fraction of sp³-hybridized carbons (Fsp3) is 0. The van der Waals surface area contributed by atoms with E-state index in [9.17, 15) is 4.39 Å². The molecule has 0 spiro atoms. The number of hydrogen-bond donors (Lipinski definition) is 0. The van der Waals surface area contributed by atoms with E-state index in [4.69, 9.17) is 5.73 Å². The molecule has 0 aliphatic rings. The Bertz CT molecular complexity index is 155. The van der Waals surface area contributed by atoms with Gasteiger partial charge in [0.05, 0.1) is 0 Å². The van der Waals surface area contributed by atoms with Gasteiger partial charge in [0, 0.05) is 0 Å². The Labute approximate surface area is 83.5 Å². The van der Waals surface area contributed by atoms with Crippen molar-refractivity contribution in [1.29, 1.82) is 0 Å². The van der Waals surface area contributed by atoms with Crippen LogP contribution in [0.1, 0.15) is 0 Å². The second kappa shape index (κ2) is 5.89. The Balaban J connectivity index is 0. The van der Waals surface area contributed by atoms with E-state index < -0.39 is 0 Å². The van der Waals surface area contributed by atoms with Crippen molar-refractivity contribution in [2.75, 3.05) is 0 Å². The van der Waals surface area contributed by atoms with Gasteiger partial charge >= 0.3 is 37.7 Å². The summed E-state index contributed by atoms with van der Waals surface area (Å²) >= 11 is 0. The zero-order chi connectivity index (χ0) is 5.98. The van der Waals surface area contributed by atoms with Gasteiger partial charge in [-0.15, -0.1) is 5.69 Å². The summed E-state index contributed by atoms with van der Waals surface area (Å²) in [5, 5.41) is 0. The first kappa shape index (κ1) is 12.8. The first-order valence-electron chi connectivity index (χ1n) is 2.26. The minimum Gasteiger partial charge on any atom is -0.699 e. The number of halogens is 1. The average molecular weight is 124 g/mol. The van der Waals surface area contributed by atoms with E-state index in [1.807, 2.05) is 0 Å². The van der Waals surface area contributed by atoms with E-state index in [2.05, 4.69) is 0 Å². The largest absolute Gasteiger partial charge is 1.00 e. The van der Waals surface area contributed by atoms with E-state index in [0.717, 1.165) is 0 Å². The summed E-state index contributed by atoms with van der Waals surface area (Å²) in [5.74, 6) is -0.291. The quantitative estimate of drug-likeness (QED) is 0.321. The summed E-state index contributed by atoms with van der Waals surface area (Å²) < 4.78 is 12.0. The zero-order valence-electron chi connectivity index (χ0n) is 6.19. The Morgan fingerprint density at radius 3 is 1.70 bits per heavy atom. The Kier molecular flexibility index (Phi) is 7.54. The topological polar surface area (TPSA) is 23.8 Å². The van der Waals surface area contributed by atoms with E-state index >= 15 is 0 Å². The third-order valence-electron chi connectivity index (χ3n) is 0.844. The smallest absolute Gasteiger partial charge is 0.699 e. The van der Waals surface area contributed by atoms with Gasteiger partial charge < -0.3 is 5.73 Å². The van der Waals surface area contributed by atoms with Crippen molar-refractivity contribution in [3.05, 3.63) is 35.8 Å². The molecule has 42 valence electrons. The molecule has 1 aromatic carbocycles. The van der Waals surface area contributed by atoms with Crippen LogP contribution in [-0.2, 0) is 0 Å². The van der Waals surface area contributed by atoms with Crippen LogP contribution in [0.15, 0.2) is 24.3 Å². The minimum atomic E-state index is -0.291. The normalized spacial score (nSPS) is 7.30. The summed E-state index contributed by atoms with van der Waals surface area (Å²) in [4.78, 5) is 0. The molecule has 0 saturated heterocycles. The maximum atomic E-state index is 12.0. The fourth-order valence-corrected chi connectivity index (χ4v) is 0.450. The van der Waals surface area contributed by atoms with Crippen LogP contribution < -0.4 is 37.7 Å². The van der Waals surface area contributed by atoms with Crippen molar-refractivity contribution in [2.24, 2.45) is 0 Å². The van der Waals surface area contributed by atoms with Gasteiger partial charge in [-0.3, -0.25) is 0 Å². The van der Waals surface area contributed by atoms with Crippen LogP contribution in [0.2, 0.25) is 0 Å². The van der Waals surface area contributed by atoms with Crippen LogP contribution >= 0.6 is 0 Å². The van der Waals surface area contributed by atoms with Crippen molar-refractivity contribution in [2.45, 2.75) is 0 Å². The molecule has 0 amide bonds. The van der Waals surface area contributed by atoms with Crippen molar-refractivity contribution < 1.29 is 42.1 Å². The van der Waals surface area contributed by atoms with Gasteiger partial charge in [-0.1, -0.05) is 12.1 Å². The standard InChI is InChI=1S/C6H5FN.2Li/c7-5-1-3-6(8)4-2-5;;/h1-4,8H;;/q-1;2*+1. The SMILES string of the molecule is [Li+].[Li+].[NH-]c1ccc(F)cc1. The van der Waals surface area contributed by atoms with Gasteiger partial charge in [0.25, 0.3) is 0 Å². The molecule has 0 aliphatic carbocycles. The second-order valence-corrected chi connectivity index (χ2v) is 1.51. The molecular formula is C6H5FLi2N+. The third-order valence-corrected chi connectivity index (χ3v) is 0.844. The molecule has 0 bridgehead atoms. The van der Waals surface area contributed by atoms with E-state index in [1.54, 1.807) is 0 Å². The number of benzene rings is 1. The molecule has 1 aromatic rings.